The average molecular weight is 341 g/mol. The molecule has 0 atom stereocenters. The van der Waals surface area contributed by atoms with Crippen LogP contribution in [0.2, 0.25) is 0 Å². The molecular formula is C19H23N3OS. The standard InChI is InChI=1S/C19H23N3OS/c1-22-11-8-16(9-12-22)20-17-4-2-3-5-18(17)21-19(23)7-6-15-10-13-24-14-15/h2-7,10,13-14,16,20H,8-9,11-12H2,1H3,(H,21,23)/b7-6+. The van der Waals surface area contributed by atoms with Crippen LogP contribution in [0.4, 0.5) is 11.4 Å². The maximum Gasteiger partial charge on any atom is 0.248 e. The second-order valence-corrected chi connectivity index (χ2v) is 6.93. The number of hydrogen-bond acceptors (Lipinski definition) is 4. The zero-order chi connectivity index (χ0) is 16.8. The van der Waals surface area contributed by atoms with Crippen molar-refractivity contribution in [1.29, 1.82) is 0 Å². The SMILES string of the molecule is CN1CCC(Nc2ccccc2NC(=O)/C=C/c2ccsc2)CC1. The molecule has 2 heterocycles. The molecule has 1 amide bonds. The molecule has 3 rings (SSSR count). The number of piperidine rings is 1. The highest BCUT2D eigenvalue weighted by Crippen LogP contribution is 2.24. The van der Waals surface area contributed by atoms with Gasteiger partial charge in [-0.1, -0.05) is 12.1 Å². The second kappa shape index (κ2) is 8.13. The lowest BCUT2D eigenvalue weighted by Crippen LogP contribution is -2.36. The van der Waals surface area contributed by atoms with E-state index in [0.29, 0.717) is 6.04 Å². The van der Waals surface area contributed by atoms with Crippen LogP contribution >= 0.6 is 11.3 Å². The molecule has 0 radical (unpaired) electrons. The third-order valence-corrected chi connectivity index (χ3v) is 4.93. The average Bonchev–Trinajstić information content (AvgIpc) is 3.10. The third kappa shape index (κ3) is 4.69. The normalized spacial score (nSPS) is 16.4. The summed E-state index contributed by atoms with van der Waals surface area (Å²) in [4.78, 5) is 14.5. The molecular weight excluding hydrogens is 318 g/mol. The first-order valence-electron chi connectivity index (χ1n) is 8.26. The van der Waals surface area contributed by atoms with Gasteiger partial charge in [-0.05, 0) is 73.6 Å². The summed E-state index contributed by atoms with van der Waals surface area (Å²) in [6, 6.07) is 10.3. The molecule has 126 valence electrons. The Morgan fingerprint density at radius 2 is 1.96 bits per heavy atom. The Labute approximate surface area is 147 Å². The van der Waals surface area contributed by atoms with Crippen molar-refractivity contribution >= 4 is 34.7 Å². The van der Waals surface area contributed by atoms with Crippen molar-refractivity contribution in [2.45, 2.75) is 18.9 Å². The highest BCUT2D eigenvalue weighted by Gasteiger charge is 2.17. The number of hydrogen-bond donors (Lipinski definition) is 2. The zero-order valence-corrected chi connectivity index (χ0v) is 14.7. The molecule has 2 aromatic rings. The van der Waals surface area contributed by atoms with Crippen molar-refractivity contribution in [2.24, 2.45) is 0 Å². The molecule has 24 heavy (non-hydrogen) atoms. The van der Waals surface area contributed by atoms with Gasteiger partial charge >= 0.3 is 0 Å². The molecule has 0 bridgehead atoms. The maximum atomic E-state index is 12.2. The summed E-state index contributed by atoms with van der Waals surface area (Å²) in [5.41, 5.74) is 2.87. The molecule has 2 N–H and O–H groups in total. The summed E-state index contributed by atoms with van der Waals surface area (Å²) in [6.07, 6.45) is 5.65. The van der Waals surface area contributed by atoms with E-state index in [1.807, 2.05) is 47.2 Å². The maximum absolute atomic E-state index is 12.2. The van der Waals surface area contributed by atoms with Gasteiger partial charge in [0, 0.05) is 12.1 Å². The number of amides is 1. The van der Waals surface area contributed by atoms with E-state index in [1.165, 1.54) is 0 Å². The van der Waals surface area contributed by atoms with Crippen LogP contribution < -0.4 is 10.6 Å². The summed E-state index contributed by atoms with van der Waals surface area (Å²) < 4.78 is 0. The van der Waals surface area contributed by atoms with Crippen LogP contribution in [0.1, 0.15) is 18.4 Å². The molecule has 1 fully saturated rings. The van der Waals surface area contributed by atoms with Crippen molar-refractivity contribution in [1.82, 2.24) is 4.90 Å². The number of nitrogens with zero attached hydrogens (tertiary/aromatic N) is 1. The molecule has 1 saturated heterocycles. The predicted octanol–water partition coefficient (Wildman–Crippen LogP) is 3.91. The number of benzene rings is 1. The van der Waals surface area contributed by atoms with Crippen molar-refractivity contribution < 1.29 is 4.79 Å². The van der Waals surface area contributed by atoms with Crippen molar-refractivity contribution in [3.63, 3.8) is 0 Å². The van der Waals surface area contributed by atoms with Gasteiger partial charge in [0.15, 0.2) is 0 Å². The van der Waals surface area contributed by atoms with E-state index in [-0.39, 0.29) is 5.91 Å². The van der Waals surface area contributed by atoms with E-state index in [4.69, 9.17) is 0 Å². The van der Waals surface area contributed by atoms with Gasteiger partial charge in [-0.3, -0.25) is 4.79 Å². The number of anilines is 2. The predicted molar refractivity (Wildman–Crippen MR) is 103 cm³/mol. The minimum atomic E-state index is -0.112. The molecule has 1 aliphatic heterocycles. The first-order valence-corrected chi connectivity index (χ1v) is 9.20. The van der Waals surface area contributed by atoms with Gasteiger partial charge in [0.05, 0.1) is 11.4 Å². The van der Waals surface area contributed by atoms with E-state index >= 15 is 0 Å². The van der Waals surface area contributed by atoms with E-state index in [0.717, 1.165) is 42.9 Å². The van der Waals surface area contributed by atoms with Crippen LogP contribution in [-0.2, 0) is 4.79 Å². The molecule has 1 aromatic heterocycles. The Balaban J connectivity index is 1.62. The summed E-state index contributed by atoms with van der Waals surface area (Å²) in [6.45, 7) is 2.21. The van der Waals surface area contributed by atoms with Gasteiger partial charge in [0.25, 0.3) is 0 Å². The first kappa shape index (κ1) is 16.7. The Morgan fingerprint density at radius 1 is 1.21 bits per heavy atom. The summed E-state index contributed by atoms with van der Waals surface area (Å²) in [5.74, 6) is -0.112. The van der Waals surface area contributed by atoms with Crippen LogP contribution in [0.3, 0.4) is 0 Å². The monoisotopic (exact) mass is 341 g/mol. The molecule has 1 aromatic carbocycles. The van der Waals surface area contributed by atoms with Gasteiger partial charge in [0.2, 0.25) is 5.91 Å². The van der Waals surface area contributed by atoms with E-state index in [2.05, 4.69) is 22.6 Å². The molecule has 4 nitrogen and oxygen atoms in total. The number of nitrogens with one attached hydrogen (secondary N) is 2. The fraction of sp³-hybridized carbons (Fsp3) is 0.316. The van der Waals surface area contributed by atoms with E-state index in [9.17, 15) is 4.79 Å². The first-order chi connectivity index (χ1) is 11.7. The van der Waals surface area contributed by atoms with Crippen molar-refractivity contribution in [3.05, 3.63) is 52.7 Å². The number of thiophene rings is 1. The van der Waals surface area contributed by atoms with Crippen molar-refractivity contribution in [3.8, 4) is 0 Å². The van der Waals surface area contributed by atoms with Gasteiger partial charge in [0.1, 0.15) is 0 Å². The topological polar surface area (TPSA) is 44.4 Å². The largest absolute Gasteiger partial charge is 0.381 e. The molecule has 1 aliphatic rings. The van der Waals surface area contributed by atoms with Gasteiger partial charge in [-0.15, -0.1) is 0 Å². The Kier molecular flexibility index (Phi) is 5.67. The molecule has 0 unspecified atom stereocenters. The van der Waals surface area contributed by atoms with Crippen LogP contribution in [-0.4, -0.2) is 37.0 Å². The van der Waals surface area contributed by atoms with Crippen LogP contribution in [0.25, 0.3) is 6.08 Å². The quantitative estimate of drug-likeness (QED) is 0.811. The fourth-order valence-electron chi connectivity index (χ4n) is 2.81. The van der Waals surface area contributed by atoms with Gasteiger partial charge in [-0.2, -0.15) is 11.3 Å². The molecule has 0 aliphatic carbocycles. The van der Waals surface area contributed by atoms with Crippen molar-refractivity contribution in [2.75, 3.05) is 30.8 Å². The highest BCUT2D eigenvalue weighted by atomic mass is 32.1. The molecule has 0 spiro atoms. The summed E-state index contributed by atoms with van der Waals surface area (Å²) in [5, 5.41) is 10.6. The van der Waals surface area contributed by atoms with Gasteiger partial charge in [-0.25, -0.2) is 0 Å². The fourth-order valence-corrected chi connectivity index (χ4v) is 3.44. The zero-order valence-electron chi connectivity index (χ0n) is 13.9. The second-order valence-electron chi connectivity index (χ2n) is 6.15. The molecule has 5 heteroatoms. The Bertz CT molecular complexity index is 688. The Morgan fingerprint density at radius 3 is 2.67 bits per heavy atom. The smallest absolute Gasteiger partial charge is 0.248 e. The number of carbonyl (C=O) groups is 1. The summed E-state index contributed by atoms with van der Waals surface area (Å²) in [7, 11) is 2.16. The minimum absolute atomic E-state index is 0.112. The van der Waals surface area contributed by atoms with E-state index in [1.54, 1.807) is 17.4 Å². The lowest BCUT2D eigenvalue weighted by molar-refractivity contribution is -0.111. The number of rotatable bonds is 5. The lowest BCUT2D eigenvalue weighted by atomic mass is 10.0. The third-order valence-electron chi connectivity index (χ3n) is 4.23. The summed E-state index contributed by atoms with van der Waals surface area (Å²) >= 11 is 1.62. The number of carbonyl (C=O) groups excluding carboxylic acids is 1. The minimum Gasteiger partial charge on any atom is -0.381 e. The van der Waals surface area contributed by atoms with E-state index < -0.39 is 0 Å². The number of para-hydroxylation sites is 2. The Hall–Kier alpha value is -2.11. The van der Waals surface area contributed by atoms with Gasteiger partial charge < -0.3 is 15.5 Å². The van der Waals surface area contributed by atoms with Crippen LogP contribution in [0.5, 0.6) is 0 Å². The lowest BCUT2D eigenvalue weighted by Gasteiger charge is -2.30. The molecule has 0 saturated carbocycles. The number of likely N-dealkylation sites (tertiary alicyclic amines) is 1. The van der Waals surface area contributed by atoms with Crippen LogP contribution in [0.15, 0.2) is 47.2 Å². The van der Waals surface area contributed by atoms with Crippen LogP contribution in [0, 0.1) is 0 Å². The highest BCUT2D eigenvalue weighted by molar-refractivity contribution is 7.08.